The number of hydrogen-bond donors (Lipinski definition) is 2. The number of nitrogens with one attached hydrogen (secondary N) is 2. The number of halogens is 1. The van der Waals surface area contributed by atoms with Gasteiger partial charge in [0.15, 0.2) is 5.82 Å². The van der Waals surface area contributed by atoms with E-state index >= 15 is 0 Å². The first-order valence-corrected chi connectivity index (χ1v) is 7.37. The third-order valence-corrected chi connectivity index (χ3v) is 3.81. The summed E-state index contributed by atoms with van der Waals surface area (Å²) in [6.07, 6.45) is 1.89. The Morgan fingerprint density at radius 3 is 2.76 bits per heavy atom. The van der Waals surface area contributed by atoms with Crippen molar-refractivity contribution in [2.75, 3.05) is 0 Å². The monoisotopic (exact) mass is 318 g/mol. The molecular weight excluding hydrogens is 308 g/mol. The number of amidine groups is 1. The van der Waals surface area contributed by atoms with Crippen molar-refractivity contribution in [3.63, 3.8) is 0 Å². The lowest BCUT2D eigenvalue weighted by molar-refractivity contribution is 0.265. The lowest BCUT2D eigenvalue weighted by Gasteiger charge is -1.98. The molecule has 1 amide bonds. The molecule has 0 atom stereocenters. The first-order chi connectivity index (χ1) is 10.1. The summed E-state index contributed by atoms with van der Waals surface area (Å²) in [5.74, 6) is 1.04. The van der Waals surface area contributed by atoms with Crippen LogP contribution >= 0.6 is 23.4 Å². The van der Waals surface area contributed by atoms with Gasteiger partial charge >= 0.3 is 0 Å². The van der Waals surface area contributed by atoms with Crippen molar-refractivity contribution in [3.05, 3.63) is 51.5 Å². The number of carbonyl (C=O) groups is 1. The Labute approximate surface area is 130 Å². The lowest BCUT2D eigenvalue weighted by Crippen LogP contribution is -2.18. The fraction of sp³-hybridized carbons (Fsp3) is 0.0714. The fourth-order valence-corrected chi connectivity index (χ4v) is 2.66. The van der Waals surface area contributed by atoms with Gasteiger partial charge in [-0.2, -0.15) is 5.10 Å². The zero-order valence-corrected chi connectivity index (χ0v) is 12.6. The number of benzene rings is 1. The largest absolute Gasteiger partial charge is 0.300 e. The number of H-pyrrole nitrogens is 1. The van der Waals surface area contributed by atoms with Gasteiger partial charge in [-0.05, 0) is 42.5 Å². The minimum Gasteiger partial charge on any atom is -0.300 e. The molecule has 7 heteroatoms. The van der Waals surface area contributed by atoms with Gasteiger partial charge in [0.2, 0.25) is 0 Å². The van der Waals surface area contributed by atoms with Crippen molar-refractivity contribution in [3.8, 4) is 0 Å². The third kappa shape index (κ3) is 3.34. The molecule has 1 aliphatic rings. The van der Waals surface area contributed by atoms with Gasteiger partial charge in [0.05, 0.1) is 4.91 Å². The van der Waals surface area contributed by atoms with E-state index in [2.05, 4.69) is 20.5 Å². The predicted molar refractivity (Wildman–Crippen MR) is 86.0 cm³/mol. The second kappa shape index (κ2) is 5.75. The van der Waals surface area contributed by atoms with Crippen LogP contribution in [0, 0.1) is 6.92 Å². The Bertz CT molecular complexity index is 749. The summed E-state index contributed by atoms with van der Waals surface area (Å²) in [7, 11) is 0. The topological polar surface area (TPSA) is 70.1 Å². The second-order valence-electron chi connectivity index (χ2n) is 4.44. The van der Waals surface area contributed by atoms with Crippen LogP contribution in [0.4, 0.5) is 10.6 Å². The quantitative estimate of drug-likeness (QED) is 0.882. The molecule has 1 aromatic carbocycles. The van der Waals surface area contributed by atoms with E-state index in [9.17, 15) is 4.79 Å². The number of thioether (sulfide) groups is 1. The lowest BCUT2D eigenvalue weighted by atomic mass is 10.2. The Morgan fingerprint density at radius 2 is 2.10 bits per heavy atom. The molecule has 2 N–H and O–H groups in total. The van der Waals surface area contributed by atoms with Gasteiger partial charge in [-0.3, -0.25) is 9.89 Å². The van der Waals surface area contributed by atoms with Gasteiger partial charge in [-0.1, -0.05) is 23.7 Å². The highest BCUT2D eigenvalue weighted by molar-refractivity contribution is 8.18. The number of aromatic nitrogens is 2. The van der Waals surface area contributed by atoms with Crippen LogP contribution < -0.4 is 5.32 Å². The third-order valence-electron chi connectivity index (χ3n) is 2.74. The zero-order chi connectivity index (χ0) is 14.8. The number of carbonyl (C=O) groups excluding carboxylic acids is 1. The van der Waals surface area contributed by atoms with Gasteiger partial charge < -0.3 is 5.32 Å². The molecule has 21 heavy (non-hydrogen) atoms. The molecule has 0 spiro atoms. The maximum atomic E-state index is 11.6. The molecule has 0 bridgehead atoms. The summed E-state index contributed by atoms with van der Waals surface area (Å²) in [5, 5.41) is 10.1. The van der Waals surface area contributed by atoms with Gasteiger partial charge in [0.1, 0.15) is 5.84 Å². The number of amides is 1. The number of hydrogen-bond acceptors (Lipinski definition) is 4. The van der Waals surface area contributed by atoms with Crippen molar-refractivity contribution in [1.82, 2.24) is 15.5 Å². The SMILES string of the molecule is Cc1cc(N=C2NC(=O)S/C2=C\c2ccc(Cl)cc2)n[nH]1. The van der Waals surface area contributed by atoms with E-state index in [1.54, 1.807) is 12.1 Å². The highest BCUT2D eigenvalue weighted by Gasteiger charge is 2.23. The molecule has 2 heterocycles. The van der Waals surface area contributed by atoms with Gasteiger partial charge in [0.25, 0.3) is 5.24 Å². The number of aliphatic imine (C=N–C) groups is 1. The molecule has 1 aromatic heterocycles. The molecule has 0 aliphatic carbocycles. The average molecular weight is 319 g/mol. The summed E-state index contributed by atoms with van der Waals surface area (Å²) in [6.45, 7) is 1.89. The highest BCUT2D eigenvalue weighted by Crippen LogP contribution is 2.28. The summed E-state index contributed by atoms with van der Waals surface area (Å²) < 4.78 is 0. The Hall–Kier alpha value is -2.05. The Kier molecular flexibility index (Phi) is 3.81. The number of aryl methyl sites for hydroxylation is 1. The molecule has 0 radical (unpaired) electrons. The summed E-state index contributed by atoms with van der Waals surface area (Å²) >= 11 is 6.97. The zero-order valence-electron chi connectivity index (χ0n) is 11.1. The van der Waals surface area contributed by atoms with Gasteiger partial charge in [0, 0.05) is 16.8 Å². The van der Waals surface area contributed by atoms with Gasteiger partial charge in [-0.25, -0.2) is 4.99 Å². The standard InChI is InChI=1S/C14H11ClN4OS/c1-8-6-12(19-18-8)16-13-11(21-14(20)17-13)7-9-2-4-10(15)5-3-9/h2-7H,1H3,(H2,16,17,18,19,20)/b11-7-. The van der Waals surface area contributed by atoms with E-state index in [1.165, 1.54) is 0 Å². The van der Waals surface area contributed by atoms with Crippen molar-refractivity contribution >= 4 is 46.3 Å². The van der Waals surface area contributed by atoms with Crippen LogP contribution in [-0.2, 0) is 0 Å². The number of aromatic amines is 1. The van der Waals surface area contributed by atoms with Crippen molar-refractivity contribution in [2.45, 2.75) is 6.92 Å². The molecule has 1 saturated heterocycles. The molecule has 3 rings (SSSR count). The molecule has 106 valence electrons. The summed E-state index contributed by atoms with van der Waals surface area (Å²) in [6, 6.07) is 9.18. The van der Waals surface area contributed by atoms with E-state index in [0.717, 1.165) is 27.9 Å². The highest BCUT2D eigenvalue weighted by atomic mass is 35.5. The minimum absolute atomic E-state index is 0.152. The van der Waals surface area contributed by atoms with Crippen LogP contribution in [0.1, 0.15) is 11.3 Å². The van der Waals surface area contributed by atoms with Crippen LogP contribution in [0.15, 0.2) is 40.2 Å². The molecule has 1 fully saturated rings. The second-order valence-corrected chi connectivity index (χ2v) is 5.90. The minimum atomic E-state index is -0.152. The van der Waals surface area contributed by atoms with Crippen molar-refractivity contribution in [2.24, 2.45) is 4.99 Å². The van der Waals surface area contributed by atoms with Crippen LogP contribution in [0.2, 0.25) is 5.02 Å². The fourth-order valence-electron chi connectivity index (χ4n) is 1.80. The van der Waals surface area contributed by atoms with Gasteiger partial charge in [-0.15, -0.1) is 0 Å². The Morgan fingerprint density at radius 1 is 1.33 bits per heavy atom. The first kappa shape index (κ1) is 13.9. The average Bonchev–Trinajstić information content (AvgIpc) is 2.99. The summed E-state index contributed by atoms with van der Waals surface area (Å²) in [4.78, 5) is 16.7. The normalized spacial score (nSPS) is 18.5. The van der Waals surface area contributed by atoms with Crippen LogP contribution in [0.5, 0.6) is 0 Å². The number of nitrogens with zero attached hydrogens (tertiary/aromatic N) is 2. The van der Waals surface area contributed by atoms with Crippen LogP contribution in [0.25, 0.3) is 6.08 Å². The van der Waals surface area contributed by atoms with Crippen LogP contribution in [-0.4, -0.2) is 21.3 Å². The van der Waals surface area contributed by atoms with E-state index < -0.39 is 0 Å². The van der Waals surface area contributed by atoms with E-state index in [0.29, 0.717) is 16.7 Å². The first-order valence-electron chi connectivity index (χ1n) is 6.17. The molecule has 5 nitrogen and oxygen atoms in total. The Balaban J connectivity index is 1.94. The molecule has 2 aromatic rings. The van der Waals surface area contributed by atoms with Crippen LogP contribution in [0.3, 0.4) is 0 Å². The predicted octanol–water partition coefficient (Wildman–Crippen LogP) is 3.90. The molecule has 1 aliphatic heterocycles. The van der Waals surface area contributed by atoms with Crippen molar-refractivity contribution < 1.29 is 4.79 Å². The van der Waals surface area contributed by atoms with E-state index in [4.69, 9.17) is 11.6 Å². The molecule has 0 unspecified atom stereocenters. The van der Waals surface area contributed by atoms with E-state index in [-0.39, 0.29) is 5.24 Å². The molecular formula is C14H11ClN4OS. The van der Waals surface area contributed by atoms with Crippen molar-refractivity contribution in [1.29, 1.82) is 0 Å². The molecule has 0 saturated carbocycles. The maximum absolute atomic E-state index is 11.6. The summed E-state index contributed by atoms with van der Waals surface area (Å²) in [5.41, 5.74) is 1.86. The number of rotatable bonds is 2. The van der Waals surface area contributed by atoms with E-state index in [1.807, 2.05) is 31.2 Å². The smallest absolute Gasteiger partial charge is 0.289 e. The maximum Gasteiger partial charge on any atom is 0.289 e.